The standard InChI is InChI=1S/C23H27N3O3/c1-2-12-24-21(27)17-25-13-15-26(16-14-25)23(29)20-11-7-6-10-19(20)22(28)18-8-4-3-5-9-18/h3-11H,2,12-17H2,1H3,(H,24,27). The third kappa shape index (κ3) is 5.29. The predicted molar refractivity (Wildman–Crippen MR) is 112 cm³/mol. The minimum Gasteiger partial charge on any atom is -0.355 e. The van der Waals surface area contributed by atoms with Crippen molar-refractivity contribution < 1.29 is 14.4 Å². The number of amides is 2. The van der Waals surface area contributed by atoms with E-state index in [-0.39, 0.29) is 17.6 Å². The molecular weight excluding hydrogens is 366 g/mol. The summed E-state index contributed by atoms with van der Waals surface area (Å²) >= 11 is 0. The van der Waals surface area contributed by atoms with Crippen molar-refractivity contribution in [3.05, 3.63) is 71.3 Å². The average molecular weight is 393 g/mol. The van der Waals surface area contributed by atoms with Crippen molar-refractivity contribution in [2.75, 3.05) is 39.3 Å². The van der Waals surface area contributed by atoms with Gasteiger partial charge in [-0.3, -0.25) is 19.3 Å². The van der Waals surface area contributed by atoms with Gasteiger partial charge in [-0.15, -0.1) is 0 Å². The zero-order valence-electron chi connectivity index (χ0n) is 16.8. The maximum absolute atomic E-state index is 13.1. The molecule has 0 bridgehead atoms. The van der Waals surface area contributed by atoms with E-state index in [1.165, 1.54) is 0 Å². The molecule has 2 amide bonds. The van der Waals surface area contributed by atoms with Crippen LogP contribution in [-0.4, -0.2) is 66.7 Å². The zero-order valence-corrected chi connectivity index (χ0v) is 16.8. The molecule has 0 aromatic heterocycles. The van der Waals surface area contributed by atoms with Gasteiger partial charge >= 0.3 is 0 Å². The van der Waals surface area contributed by atoms with E-state index in [2.05, 4.69) is 10.2 Å². The van der Waals surface area contributed by atoms with Crippen LogP contribution in [0.15, 0.2) is 54.6 Å². The predicted octanol–water partition coefficient (Wildman–Crippen LogP) is 2.20. The Balaban J connectivity index is 1.65. The molecular formula is C23H27N3O3. The van der Waals surface area contributed by atoms with E-state index in [1.807, 2.05) is 25.1 Å². The minimum absolute atomic E-state index is 0.0189. The Labute approximate surface area is 171 Å². The van der Waals surface area contributed by atoms with Crippen molar-refractivity contribution in [3.8, 4) is 0 Å². The number of ketones is 1. The largest absolute Gasteiger partial charge is 0.355 e. The molecule has 1 N–H and O–H groups in total. The number of carbonyl (C=O) groups is 3. The lowest BCUT2D eigenvalue weighted by molar-refractivity contribution is -0.122. The molecule has 0 radical (unpaired) electrons. The van der Waals surface area contributed by atoms with E-state index < -0.39 is 0 Å². The van der Waals surface area contributed by atoms with Crippen LogP contribution < -0.4 is 5.32 Å². The highest BCUT2D eigenvalue weighted by molar-refractivity contribution is 6.15. The van der Waals surface area contributed by atoms with Gasteiger partial charge in [0.15, 0.2) is 5.78 Å². The van der Waals surface area contributed by atoms with Gasteiger partial charge in [-0.2, -0.15) is 0 Å². The van der Waals surface area contributed by atoms with Crippen molar-refractivity contribution in [3.63, 3.8) is 0 Å². The molecule has 2 aromatic carbocycles. The first-order valence-electron chi connectivity index (χ1n) is 10.1. The maximum Gasteiger partial charge on any atom is 0.254 e. The number of benzene rings is 2. The van der Waals surface area contributed by atoms with Crippen molar-refractivity contribution >= 4 is 17.6 Å². The van der Waals surface area contributed by atoms with Crippen molar-refractivity contribution in [1.29, 1.82) is 0 Å². The summed E-state index contributed by atoms with van der Waals surface area (Å²) in [6, 6.07) is 16.0. The molecule has 0 spiro atoms. The summed E-state index contributed by atoms with van der Waals surface area (Å²) in [5.74, 6) is -0.272. The van der Waals surface area contributed by atoms with E-state index in [9.17, 15) is 14.4 Å². The van der Waals surface area contributed by atoms with E-state index in [0.29, 0.717) is 56.0 Å². The van der Waals surface area contributed by atoms with Crippen LogP contribution in [0.1, 0.15) is 39.6 Å². The Bertz CT molecular complexity index is 859. The Morgan fingerprint density at radius 3 is 2.14 bits per heavy atom. The van der Waals surface area contributed by atoms with Gasteiger partial charge in [0.1, 0.15) is 0 Å². The van der Waals surface area contributed by atoms with Crippen molar-refractivity contribution in [2.24, 2.45) is 0 Å². The summed E-state index contributed by atoms with van der Waals surface area (Å²) in [6.45, 7) is 5.40. The van der Waals surface area contributed by atoms with E-state index >= 15 is 0 Å². The summed E-state index contributed by atoms with van der Waals surface area (Å²) < 4.78 is 0. The Morgan fingerprint density at radius 2 is 1.48 bits per heavy atom. The van der Waals surface area contributed by atoms with Crippen LogP contribution >= 0.6 is 0 Å². The monoisotopic (exact) mass is 393 g/mol. The summed E-state index contributed by atoms with van der Waals surface area (Å²) in [5, 5.41) is 2.88. The second-order valence-corrected chi connectivity index (χ2v) is 7.16. The zero-order chi connectivity index (χ0) is 20.6. The van der Waals surface area contributed by atoms with Crippen LogP contribution in [0.3, 0.4) is 0 Å². The molecule has 152 valence electrons. The summed E-state index contributed by atoms with van der Waals surface area (Å²) in [6.07, 6.45) is 0.912. The highest BCUT2D eigenvalue weighted by Crippen LogP contribution is 2.17. The molecule has 0 saturated carbocycles. The number of rotatable bonds is 7. The maximum atomic E-state index is 13.1. The number of hydrogen-bond acceptors (Lipinski definition) is 4. The number of hydrogen-bond donors (Lipinski definition) is 1. The smallest absolute Gasteiger partial charge is 0.254 e. The van der Waals surface area contributed by atoms with Gasteiger partial charge in [0.25, 0.3) is 5.91 Å². The van der Waals surface area contributed by atoms with Crippen LogP contribution in [-0.2, 0) is 4.79 Å². The molecule has 3 rings (SSSR count). The first-order valence-corrected chi connectivity index (χ1v) is 10.1. The van der Waals surface area contributed by atoms with Crippen LogP contribution in [0.4, 0.5) is 0 Å². The van der Waals surface area contributed by atoms with E-state index in [0.717, 1.165) is 6.42 Å². The normalized spacial score (nSPS) is 14.4. The number of carbonyl (C=O) groups excluding carboxylic acids is 3. The topological polar surface area (TPSA) is 69.7 Å². The SMILES string of the molecule is CCCNC(=O)CN1CCN(C(=O)c2ccccc2C(=O)c2ccccc2)CC1. The van der Waals surface area contributed by atoms with Gasteiger partial charge in [-0.25, -0.2) is 0 Å². The van der Waals surface area contributed by atoms with Gasteiger partial charge in [0, 0.05) is 43.9 Å². The van der Waals surface area contributed by atoms with E-state index in [1.54, 1.807) is 41.3 Å². The highest BCUT2D eigenvalue weighted by Gasteiger charge is 2.26. The Morgan fingerprint density at radius 1 is 0.862 bits per heavy atom. The summed E-state index contributed by atoms with van der Waals surface area (Å²) in [5.41, 5.74) is 1.41. The minimum atomic E-state index is -0.152. The summed E-state index contributed by atoms with van der Waals surface area (Å²) in [7, 11) is 0. The van der Waals surface area contributed by atoms with Gasteiger partial charge < -0.3 is 10.2 Å². The van der Waals surface area contributed by atoms with E-state index in [4.69, 9.17) is 0 Å². The van der Waals surface area contributed by atoms with Crippen LogP contribution in [0, 0.1) is 0 Å². The lowest BCUT2D eigenvalue weighted by Crippen LogP contribution is -2.51. The fourth-order valence-electron chi connectivity index (χ4n) is 3.42. The molecule has 0 aliphatic carbocycles. The number of piperazine rings is 1. The molecule has 1 aliphatic heterocycles. The molecule has 2 aromatic rings. The Hall–Kier alpha value is -2.99. The number of nitrogens with zero attached hydrogens (tertiary/aromatic N) is 2. The second-order valence-electron chi connectivity index (χ2n) is 7.16. The molecule has 1 fully saturated rings. The van der Waals surface area contributed by atoms with Crippen molar-refractivity contribution in [2.45, 2.75) is 13.3 Å². The van der Waals surface area contributed by atoms with Crippen LogP contribution in [0.2, 0.25) is 0 Å². The highest BCUT2D eigenvalue weighted by atomic mass is 16.2. The fraction of sp³-hybridized carbons (Fsp3) is 0.348. The van der Waals surface area contributed by atoms with Gasteiger partial charge in [0.05, 0.1) is 12.1 Å². The molecule has 1 aliphatic rings. The number of nitrogens with one attached hydrogen (secondary N) is 1. The molecule has 6 heteroatoms. The molecule has 0 atom stereocenters. The fourth-order valence-corrected chi connectivity index (χ4v) is 3.42. The molecule has 1 heterocycles. The average Bonchev–Trinajstić information content (AvgIpc) is 2.78. The third-order valence-corrected chi connectivity index (χ3v) is 5.04. The van der Waals surface area contributed by atoms with Gasteiger partial charge in [0.2, 0.25) is 5.91 Å². The summed E-state index contributed by atoms with van der Waals surface area (Å²) in [4.78, 5) is 41.7. The third-order valence-electron chi connectivity index (χ3n) is 5.04. The molecule has 6 nitrogen and oxygen atoms in total. The lowest BCUT2D eigenvalue weighted by Gasteiger charge is -2.34. The molecule has 29 heavy (non-hydrogen) atoms. The lowest BCUT2D eigenvalue weighted by atomic mass is 9.97. The first-order chi connectivity index (χ1) is 14.1. The molecule has 0 unspecified atom stereocenters. The molecule has 1 saturated heterocycles. The van der Waals surface area contributed by atoms with Gasteiger partial charge in [-0.1, -0.05) is 55.5 Å². The Kier molecular flexibility index (Phi) is 7.14. The van der Waals surface area contributed by atoms with Crippen LogP contribution in [0.25, 0.3) is 0 Å². The van der Waals surface area contributed by atoms with Gasteiger partial charge in [-0.05, 0) is 12.5 Å². The van der Waals surface area contributed by atoms with Crippen molar-refractivity contribution in [1.82, 2.24) is 15.1 Å². The second kappa shape index (κ2) is 9.98. The quantitative estimate of drug-likeness (QED) is 0.733. The van der Waals surface area contributed by atoms with Crippen LogP contribution in [0.5, 0.6) is 0 Å². The first kappa shape index (κ1) is 20.7.